The minimum Gasteiger partial charge on any atom is -0.363 e. The Hall–Kier alpha value is -9.12. The zero-order chi connectivity index (χ0) is 110. The van der Waals surface area contributed by atoms with Gasteiger partial charge >= 0.3 is 18.1 Å². The molecule has 17 atom stereocenters. The van der Waals surface area contributed by atoms with E-state index in [1.807, 2.05) is 145 Å². The van der Waals surface area contributed by atoms with Crippen molar-refractivity contribution in [3.05, 3.63) is 41.6 Å². The zero-order valence-electron chi connectivity index (χ0n) is 90.6. The van der Waals surface area contributed by atoms with Crippen LogP contribution in [0.2, 0.25) is 0 Å². The van der Waals surface area contributed by atoms with E-state index in [4.69, 9.17) is 5.73 Å². The summed E-state index contributed by atoms with van der Waals surface area (Å²) in [4.78, 5) is 208. The third-order valence-corrected chi connectivity index (χ3v) is 38.3. The number of nitrogens with two attached hydrogens (primary N) is 1. The minimum absolute atomic E-state index is 0.0488. The number of piperidine rings is 3. The quantitative estimate of drug-likeness (QED) is 0.0272. The number of Topliss-reactive ketones (excluding diaryl/α,β-unsaturated/α-hetero) is 3. The van der Waals surface area contributed by atoms with Crippen molar-refractivity contribution in [2.24, 2.45) is 90.5 Å². The van der Waals surface area contributed by atoms with Crippen molar-refractivity contribution in [2.75, 3.05) is 78.5 Å². The van der Waals surface area contributed by atoms with Crippen LogP contribution < -0.4 is 73.7 Å². The number of carbonyl (C=O) groups is 15. The number of fused-ring (bicyclic) bond motifs is 4. The van der Waals surface area contributed by atoms with E-state index in [0.29, 0.717) is 95.7 Å². The summed E-state index contributed by atoms with van der Waals surface area (Å²) in [6, 6.07) is -10.3. The molecule has 147 heavy (non-hydrogen) atoms. The van der Waals surface area contributed by atoms with Crippen LogP contribution in [0.25, 0.3) is 0 Å². The molecule has 1 aromatic rings. The number of nitrogens with one attached hydrogen (secondary N) is 13. The largest absolute Gasteiger partial charge is 0.363 e. The van der Waals surface area contributed by atoms with Gasteiger partial charge in [-0.3, -0.25) is 57.5 Å². The molecule has 12 rings (SSSR count). The first-order valence-electron chi connectivity index (χ1n) is 52.3. The summed E-state index contributed by atoms with van der Waals surface area (Å²) in [6.07, 6.45) is 13.7. The highest BCUT2D eigenvalue weighted by Gasteiger charge is 2.73. The number of hydrogen-bond acceptors (Lipinski definition) is 22. The molecule has 7 heterocycles. The van der Waals surface area contributed by atoms with Gasteiger partial charge in [-0.25, -0.2) is 32.2 Å². The van der Waals surface area contributed by atoms with Crippen molar-refractivity contribution >= 4 is 130 Å². The average molecular weight is 2140 g/mol. The number of primary amides is 1. The molecule has 41 nitrogen and oxygen atoms in total. The van der Waals surface area contributed by atoms with Gasteiger partial charge in [0.25, 0.3) is 38.1 Å². The third kappa shape index (κ3) is 28.1. The second-order valence-electron chi connectivity index (χ2n) is 49.4. The molecule has 15 amide bonds. The number of ketones is 3. The summed E-state index contributed by atoms with van der Waals surface area (Å²) >= 11 is 1.41. The van der Waals surface area contributed by atoms with E-state index in [1.165, 1.54) is 51.1 Å². The summed E-state index contributed by atoms with van der Waals surface area (Å²) in [6.45, 7) is 54.1. The van der Waals surface area contributed by atoms with Crippen LogP contribution in [0.3, 0.4) is 0 Å². The maximum Gasteiger partial charge on any atom is 0.315 e. The number of carbonyl (C=O) groups excluding carboxylic acids is 15. The second-order valence-corrected chi connectivity index (χ2v) is 55.8. The maximum absolute atomic E-state index is 14.5. The summed E-state index contributed by atoms with van der Waals surface area (Å²) < 4.78 is 86.3. The Balaban J connectivity index is 0.000000226. The van der Waals surface area contributed by atoms with Gasteiger partial charge in [-0.2, -0.15) is 29.8 Å². The Morgan fingerprint density at radius 1 is 0.476 bits per heavy atom. The number of amides is 15. The molecule has 5 saturated heterocycles. The fourth-order valence-corrected chi connectivity index (χ4v) is 28.1. The van der Waals surface area contributed by atoms with Crippen molar-refractivity contribution in [2.45, 2.75) is 345 Å². The first kappa shape index (κ1) is 120. The number of sulfonamides is 1. The van der Waals surface area contributed by atoms with E-state index >= 15 is 0 Å². The molecule has 0 radical (unpaired) electrons. The van der Waals surface area contributed by atoms with Crippen molar-refractivity contribution < 1.29 is 97.2 Å². The zero-order valence-corrected chi connectivity index (χ0v) is 93.9. The lowest BCUT2D eigenvalue weighted by Crippen LogP contribution is -2.64. The smallest absolute Gasteiger partial charge is 0.315 e. The van der Waals surface area contributed by atoms with Crippen LogP contribution in [-0.2, 0) is 94.5 Å². The van der Waals surface area contributed by atoms with Gasteiger partial charge in [-0.15, -0.1) is 24.5 Å². The lowest BCUT2D eigenvalue weighted by molar-refractivity contribution is -0.145. The summed E-state index contributed by atoms with van der Waals surface area (Å²) in [5.74, 6) is -7.94. The number of urea groups is 3. The standard InChI is InChI=1S/C35H52N6O7S2.C34H59N7O7S.C33H57N7O7S/c1-33(2,3)28(38-32(46)39-35(13-7-6-8-14-35)19-40-18-23-24(12-15-49-23)50(40,47)48)31(45)41-17-21-25(34(21,4)5)26(41)30(44)37-22(27(42)29(36)43)16-20-10-9-11-20;1-11-13-15-22(26(42)29(44)35-16-12-2)37-28(43)25-24-21(34(24,9)10)19-41(25)30(45)27(33(6,7)8)39-31(46)38-23(32(3,4)5)20-40-18-14-17-36-49(40,47)48;1-11-14-21(25(41)28(43)34-15-12-2)36-27(42)24-23-20(33(23,9)10)18-40(24)29(44)26(32(6,7)8)38-30(45)37-22(31(3,4)5)19-39-17-13-16-35-48(39,46)47/h12,15,20-22,25-26,28H,6-11,13-14,16-19H2,1-5H3,(H2,36,43)(H,37,44)(H2,38,39,46);12,21-25,27,36H,2,11,13-20H2,1,3-10H3,(H,35,44)(H,37,43)(H2,38,39,46);12,20-24,26,35H,2,11,13-19H2,1,3-10H3,(H,34,43)(H,36,42)(H2,37,38,45)/t21-,22?,25-,26-,28+;21-,22?,23+,24-,25-,27+;20-,21?,22+,23-,24-,26+/m000/s1. The highest BCUT2D eigenvalue weighted by Crippen LogP contribution is 2.67. The molecule has 11 aliphatic rings. The lowest BCUT2D eigenvalue weighted by Gasteiger charge is -2.42. The molecule has 15 N–H and O–H groups in total. The third-order valence-electron chi connectivity index (χ3n) is 32.3. The van der Waals surface area contributed by atoms with E-state index in [2.05, 4.69) is 94.9 Å². The van der Waals surface area contributed by atoms with Gasteiger partial charge in [0.15, 0.2) is 0 Å². The van der Waals surface area contributed by atoms with Crippen LogP contribution in [0.15, 0.2) is 41.7 Å². The molecule has 0 spiro atoms. The Labute approximate surface area is 873 Å². The van der Waals surface area contributed by atoms with Gasteiger partial charge in [0, 0.05) is 102 Å². The summed E-state index contributed by atoms with van der Waals surface area (Å²) in [5, 5.41) is 32.7. The van der Waals surface area contributed by atoms with E-state index in [0.717, 1.165) is 49.8 Å². The molecule has 5 saturated carbocycles. The second kappa shape index (κ2) is 46.6. The number of rotatable bonds is 38. The van der Waals surface area contributed by atoms with Crippen LogP contribution in [0.1, 0.15) is 267 Å². The van der Waals surface area contributed by atoms with Gasteiger partial charge in [-0.05, 0) is 141 Å². The highest BCUT2D eigenvalue weighted by atomic mass is 32.2. The molecule has 826 valence electrons. The first-order chi connectivity index (χ1) is 68.0. The monoisotopic (exact) mass is 2140 g/mol. The SMILES string of the molecule is C=CCNC(=O)C(=O)C(CCC)NC(=O)[C@@H]1[C@@H]2[C@H](CN1C(=O)[C@@H](NC(=O)N[C@H](CN1CCCNS1(=O)=O)C(C)(C)C)C(C)(C)C)C2(C)C.C=CCNC(=O)C(=O)C(CCCC)NC(=O)[C@@H]1[C@@H]2[C@H](CN1C(=O)[C@@H](NC(=O)N[C@H](CN1CCCNS1(=O)=O)C(C)(C)C)C(C)(C)C)C2(C)C.CC(C)(C)[C@H](NC(=O)NC1(CN2Cc3sccc3S2(=O)=O)CCCCC1)C(=O)N1C[C@H]2[C@@H]([C@H]1C(=O)NC(CC1CCC1)C(=O)C(N)=O)C2(C)C. The molecule has 1 aromatic heterocycles. The van der Waals surface area contributed by atoms with E-state index in [9.17, 15) is 97.2 Å². The number of hydrogen-bond donors (Lipinski definition) is 14. The molecule has 6 aliphatic heterocycles. The fraction of sp³-hybridized carbons (Fsp3) is 0.775. The Morgan fingerprint density at radius 2 is 0.857 bits per heavy atom. The molecule has 45 heteroatoms. The van der Waals surface area contributed by atoms with Crippen LogP contribution >= 0.6 is 11.3 Å². The molecular formula is C102H168N20O21S4. The van der Waals surface area contributed by atoms with Crippen LogP contribution in [0.5, 0.6) is 0 Å². The number of unbranched alkanes of at least 4 members (excludes halogenated alkanes) is 1. The maximum atomic E-state index is 14.5. The van der Waals surface area contributed by atoms with Crippen molar-refractivity contribution in [3.63, 3.8) is 0 Å². The molecule has 3 unspecified atom stereocenters. The fourth-order valence-electron chi connectivity index (χ4n) is 22.5. The highest BCUT2D eigenvalue weighted by molar-refractivity contribution is 7.89. The number of thiophene rings is 1. The molecule has 5 aliphatic carbocycles. The normalized spacial score (nSPS) is 25.9. The predicted molar refractivity (Wildman–Crippen MR) is 557 cm³/mol. The van der Waals surface area contributed by atoms with E-state index in [1.54, 1.807) is 11.4 Å². The van der Waals surface area contributed by atoms with Gasteiger partial charge in [0.2, 0.25) is 62.8 Å². The molecule has 0 bridgehead atoms. The molecule has 0 aromatic carbocycles. The first-order valence-corrected chi connectivity index (χ1v) is 57.5. The van der Waals surface area contributed by atoms with Crippen molar-refractivity contribution in [1.82, 2.24) is 95.5 Å². The van der Waals surface area contributed by atoms with Crippen LogP contribution in [0, 0.1) is 84.7 Å². The number of nitrogens with zero attached hydrogens (tertiary/aromatic N) is 6. The van der Waals surface area contributed by atoms with E-state index < -0.39 is 218 Å². The lowest BCUT2D eigenvalue weighted by atomic mass is 9.80. The van der Waals surface area contributed by atoms with Gasteiger partial charge in [0.05, 0.1) is 28.6 Å². The average Bonchev–Trinajstić information content (AvgIpc) is 1.53. The van der Waals surface area contributed by atoms with Crippen LogP contribution in [-0.4, -0.2) is 292 Å². The van der Waals surface area contributed by atoms with Crippen LogP contribution in [0.4, 0.5) is 14.4 Å². The number of likely N-dealkylation sites (tertiary alicyclic amines) is 3. The van der Waals surface area contributed by atoms with E-state index in [-0.39, 0.29) is 110 Å². The molecular weight excluding hydrogens is 1970 g/mol. The van der Waals surface area contributed by atoms with Gasteiger partial charge in [-0.1, -0.05) is 229 Å². The Kier molecular flexibility index (Phi) is 38.0. The predicted octanol–water partition coefficient (Wildman–Crippen LogP) is 5.86. The van der Waals surface area contributed by atoms with Crippen molar-refractivity contribution in [3.8, 4) is 0 Å². The van der Waals surface area contributed by atoms with Gasteiger partial charge < -0.3 is 78.9 Å². The minimum atomic E-state index is -3.67. The Bertz CT molecular complexity index is 5450. The van der Waals surface area contributed by atoms with Crippen molar-refractivity contribution in [1.29, 1.82) is 0 Å². The Morgan fingerprint density at radius 3 is 1.19 bits per heavy atom. The molecule has 10 fully saturated rings. The summed E-state index contributed by atoms with van der Waals surface area (Å²) in [5.41, 5.74) is 0.594. The van der Waals surface area contributed by atoms with Gasteiger partial charge in [0.1, 0.15) is 36.3 Å². The summed E-state index contributed by atoms with van der Waals surface area (Å²) in [7, 11) is -11.0. The topological polar surface area (TPSA) is 560 Å².